The molecular formula is C38H42N4SY+2. The Kier molecular flexibility index (Phi) is 10.6. The van der Waals surface area contributed by atoms with Gasteiger partial charge in [0.05, 0.1) is 44.4 Å². The van der Waals surface area contributed by atoms with Gasteiger partial charge in [-0.05, 0) is 48.9 Å². The van der Waals surface area contributed by atoms with Crippen LogP contribution in [0.25, 0.3) is 22.7 Å². The number of anilines is 2. The molecule has 0 spiro atoms. The molecule has 0 atom stereocenters. The average Bonchev–Trinajstić information content (AvgIpc) is 3.34. The molecule has 1 aromatic heterocycles. The molecule has 4 nitrogen and oxygen atoms in total. The number of fused-ring (bicyclic) bond motifs is 2. The molecule has 0 bridgehead atoms. The minimum absolute atomic E-state index is 0. The summed E-state index contributed by atoms with van der Waals surface area (Å²) in [6.45, 7) is 6.37. The SMILES string of the molecule is CCN(CCC[N+](C)(C)Cc1ccccc1)c1cc(C=C2Sc3ccccc3N2C)c2ccccc2[n+]1-c1ccccc1.[Y]. The van der Waals surface area contributed by atoms with E-state index in [9.17, 15) is 0 Å². The van der Waals surface area contributed by atoms with Gasteiger partial charge in [-0.2, -0.15) is 4.57 Å². The first-order valence-electron chi connectivity index (χ1n) is 15.3. The summed E-state index contributed by atoms with van der Waals surface area (Å²) in [4.78, 5) is 6.18. The van der Waals surface area contributed by atoms with E-state index in [-0.39, 0.29) is 32.7 Å². The van der Waals surface area contributed by atoms with Crippen LogP contribution in [0.1, 0.15) is 24.5 Å². The fourth-order valence-electron chi connectivity index (χ4n) is 6.18. The molecule has 0 saturated heterocycles. The number of hydrogen-bond donors (Lipinski definition) is 0. The molecule has 0 saturated carbocycles. The molecule has 221 valence electrons. The fraction of sp³-hybridized carbons (Fsp3) is 0.237. The molecule has 4 aromatic carbocycles. The zero-order valence-electron chi connectivity index (χ0n) is 26.4. The van der Waals surface area contributed by atoms with Crippen molar-refractivity contribution in [3.05, 3.63) is 131 Å². The van der Waals surface area contributed by atoms with E-state index in [1.54, 1.807) is 0 Å². The van der Waals surface area contributed by atoms with Crippen LogP contribution in [-0.4, -0.2) is 45.3 Å². The van der Waals surface area contributed by atoms with Crippen LogP contribution in [0.2, 0.25) is 0 Å². The number of aromatic nitrogens is 1. The molecule has 0 amide bonds. The zero-order valence-corrected chi connectivity index (χ0v) is 30.0. The van der Waals surface area contributed by atoms with Gasteiger partial charge in [-0.1, -0.05) is 90.6 Å². The summed E-state index contributed by atoms with van der Waals surface area (Å²) in [7, 11) is 6.87. The van der Waals surface area contributed by atoms with Crippen LogP contribution in [0.15, 0.2) is 125 Å². The van der Waals surface area contributed by atoms with E-state index >= 15 is 0 Å². The molecule has 6 heteroatoms. The zero-order chi connectivity index (χ0) is 29.8. The van der Waals surface area contributed by atoms with Crippen molar-refractivity contribution in [3.8, 4) is 5.69 Å². The van der Waals surface area contributed by atoms with Crippen molar-refractivity contribution < 1.29 is 41.8 Å². The van der Waals surface area contributed by atoms with Gasteiger partial charge in [-0.25, -0.2) is 0 Å². The Balaban J connectivity index is 0.00000384. The van der Waals surface area contributed by atoms with Gasteiger partial charge in [0.25, 0.3) is 5.82 Å². The van der Waals surface area contributed by atoms with Crippen LogP contribution in [0, 0.1) is 0 Å². The van der Waals surface area contributed by atoms with Crippen LogP contribution in [0.5, 0.6) is 0 Å². The van der Waals surface area contributed by atoms with Gasteiger partial charge >= 0.3 is 0 Å². The fourth-order valence-corrected chi connectivity index (χ4v) is 7.28. The number of para-hydroxylation sites is 3. The first-order chi connectivity index (χ1) is 20.9. The van der Waals surface area contributed by atoms with Crippen molar-refractivity contribution in [1.29, 1.82) is 0 Å². The number of pyridine rings is 1. The van der Waals surface area contributed by atoms with Crippen LogP contribution in [0.3, 0.4) is 0 Å². The van der Waals surface area contributed by atoms with Crippen molar-refractivity contribution in [1.82, 2.24) is 0 Å². The Labute approximate surface area is 292 Å². The van der Waals surface area contributed by atoms with Crippen molar-refractivity contribution in [2.24, 2.45) is 0 Å². The Morgan fingerprint density at radius 2 is 1.50 bits per heavy atom. The summed E-state index contributed by atoms with van der Waals surface area (Å²) in [5, 5.41) is 2.50. The number of quaternary nitrogens is 1. The average molecular weight is 676 g/mol. The molecule has 5 aromatic rings. The maximum absolute atomic E-state index is 2.56. The van der Waals surface area contributed by atoms with Gasteiger partial charge in [0.2, 0.25) is 0 Å². The minimum atomic E-state index is 0. The van der Waals surface area contributed by atoms with Gasteiger partial charge in [0.15, 0.2) is 0 Å². The topological polar surface area (TPSA) is 10.4 Å². The third-order valence-electron chi connectivity index (χ3n) is 8.39. The Bertz CT molecular complexity index is 1740. The number of nitrogens with zero attached hydrogens (tertiary/aromatic N) is 4. The van der Waals surface area contributed by atoms with E-state index < -0.39 is 0 Å². The van der Waals surface area contributed by atoms with Crippen molar-refractivity contribution in [3.63, 3.8) is 0 Å². The number of rotatable bonds is 10. The summed E-state index contributed by atoms with van der Waals surface area (Å²) in [6, 6.07) is 41.6. The smallest absolute Gasteiger partial charge is 0.282 e. The molecule has 44 heavy (non-hydrogen) atoms. The molecule has 0 fully saturated rings. The standard InChI is InChI=1S/C38H42N4S.Y/c1-5-40(25-16-26-42(3,4)29-30-17-8-6-9-18-30)37-27-31(28-38-39(2)35-23-14-15-24-36(35)43-38)33-21-12-13-22-34(33)41(37)32-19-10-7-11-20-32;/h6-15,17-24,27-28H,5,16,25-26,29H2,1-4H3;/q+2;. The number of thioether (sulfide) groups is 1. The van der Waals surface area contributed by atoms with Crippen LogP contribution < -0.4 is 14.4 Å². The van der Waals surface area contributed by atoms with Gasteiger partial charge < -0.3 is 9.38 Å². The van der Waals surface area contributed by atoms with E-state index in [0.717, 1.165) is 37.1 Å². The second-order valence-electron chi connectivity index (χ2n) is 12.0. The Morgan fingerprint density at radius 3 is 2.23 bits per heavy atom. The molecule has 0 unspecified atom stereocenters. The van der Waals surface area contributed by atoms with Crippen LogP contribution >= 0.6 is 11.8 Å². The molecule has 1 radical (unpaired) electrons. The Hall–Kier alpha value is -2.96. The van der Waals surface area contributed by atoms with Gasteiger partial charge in [0, 0.05) is 68.1 Å². The van der Waals surface area contributed by atoms with Gasteiger partial charge in [0.1, 0.15) is 17.7 Å². The van der Waals surface area contributed by atoms with Crippen LogP contribution in [0.4, 0.5) is 11.5 Å². The van der Waals surface area contributed by atoms with E-state index in [0.29, 0.717) is 0 Å². The molecule has 1 aliphatic heterocycles. The predicted octanol–water partition coefficient (Wildman–Crippen LogP) is 8.15. The second kappa shape index (κ2) is 14.4. The van der Waals surface area contributed by atoms with Gasteiger partial charge in [-0.3, -0.25) is 4.90 Å². The third-order valence-corrected chi connectivity index (χ3v) is 9.55. The summed E-state index contributed by atoms with van der Waals surface area (Å²) >= 11 is 1.85. The molecule has 2 heterocycles. The second-order valence-corrected chi connectivity index (χ2v) is 13.1. The quantitative estimate of drug-likeness (QED) is 0.109. The first-order valence-corrected chi connectivity index (χ1v) is 16.1. The van der Waals surface area contributed by atoms with E-state index in [2.05, 4.69) is 164 Å². The maximum Gasteiger partial charge on any atom is 0.282 e. The summed E-state index contributed by atoms with van der Waals surface area (Å²) in [5.74, 6) is 1.23. The van der Waals surface area contributed by atoms with Crippen molar-refractivity contribution >= 4 is 40.2 Å². The van der Waals surface area contributed by atoms with E-state index in [1.165, 1.54) is 49.1 Å². The van der Waals surface area contributed by atoms with Crippen molar-refractivity contribution in [2.45, 2.75) is 24.8 Å². The molecular weight excluding hydrogens is 633 g/mol. The number of hydrogen-bond acceptors (Lipinski definition) is 3. The molecule has 1 aliphatic rings. The van der Waals surface area contributed by atoms with E-state index in [1.807, 2.05) is 11.8 Å². The summed E-state index contributed by atoms with van der Waals surface area (Å²) < 4.78 is 3.42. The van der Waals surface area contributed by atoms with E-state index in [4.69, 9.17) is 0 Å². The third kappa shape index (κ3) is 7.13. The monoisotopic (exact) mass is 675 g/mol. The molecule has 0 aliphatic carbocycles. The van der Waals surface area contributed by atoms with Crippen LogP contribution in [-0.2, 0) is 39.3 Å². The number of benzene rings is 4. The summed E-state index contributed by atoms with van der Waals surface area (Å²) in [6.07, 6.45) is 3.49. The molecule has 0 N–H and O–H groups in total. The van der Waals surface area contributed by atoms with Gasteiger partial charge in [-0.15, -0.1) is 0 Å². The predicted molar refractivity (Wildman–Crippen MR) is 184 cm³/mol. The summed E-state index contributed by atoms with van der Waals surface area (Å²) in [5.41, 5.74) is 6.32. The largest absolute Gasteiger partial charge is 0.338 e. The normalized spacial score (nSPS) is 13.6. The first kappa shape index (κ1) is 32.4. The molecule has 6 rings (SSSR count). The Morgan fingerprint density at radius 1 is 0.841 bits per heavy atom. The maximum atomic E-state index is 2.56. The van der Waals surface area contributed by atoms with Crippen molar-refractivity contribution in [2.75, 3.05) is 50.6 Å². The minimum Gasteiger partial charge on any atom is -0.338 e.